The van der Waals surface area contributed by atoms with Gasteiger partial charge >= 0.3 is 0 Å². The fourth-order valence-corrected chi connectivity index (χ4v) is 4.04. The molecule has 124 valence electrons. The van der Waals surface area contributed by atoms with Gasteiger partial charge in [0.25, 0.3) is 5.91 Å². The lowest BCUT2D eigenvalue weighted by Crippen LogP contribution is -2.30. The summed E-state index contributed by atoms with van der Waals surface area (Å²) >= 11 is 4.96. The first-order chi connectivity index (χ1) is 12.2. The predicted molar refractivity (Wildman–Crippen MR) is 103 cm³/mol. The summed E-state index contributed by atoms with van der Waals surface area (Å²) in [5.74, 6) is 0.100. The maximum Gasteiger partial charge on any atom is 0.296 e. The topological polar surface area (TPSA) is 46.3 Å². The van der Waals surface area contributed by atoms with E-state index < -0.39 is 0 Å². The van der Waals surface area contributed by atoms with Crippen LogP contribution in [0.4, 0.5) is 5.13 Å². The van der Waals surface area contributed by atoms with Gasteiger partial charge < -0.3 is 4.42 Å². The number of rotatable bonds is 4. The fourth-order valence-electron chi connectivity index (χ4n) is 2.53. The van der Waals surface area contributed by atoms with Crippen LogP contribution in [0, 0.1) is 0 Å². The lowest BCUT2D eigenvalue weighted by Gasteiger charge is -2.18. The zero-order valence-corrected chi connectivity index (χ0v) is 15.5. The third kappa shape index (κ3) is 3.36. The summed E-state index contributed by atoms with van der Waals surface area (Å²) in [5, 5.41) is 0.651. The molecule has 4 aromatic rings. The third-order valence-corrected chi connectivity index (χ3v) is 5.27. The summed E-state index contributed by atoms with van der Waals surface area (Å²) in [5.41, 5.74) is 1.90. The van der Waals surface area contributed by atoms with E-state index in [0.717, 1.165) is 20.3 Å². The highest BCUT2D eigenvalue weighted by Gasteiger charge is 2.23. The molecular formula is C19H13BrN2O2S. The second-order valence-electron chi connectivity index (χ2n) is 5.46. The molecule has 0 fully saturated rings. The minimum absolute atomic E-state index is 0.202. The van der Waals surface area contributed by atoms with Crippen LogP contribution < -0.4 is 4.90 Å². The van der Waals surface area contributed by atoms with Crippen molar-refractivity contribution in [3.8, 4) is 0 Å². The van der Waals surface area contributed by atoms with Gasteiger partial charge in [0, 0.05) is 4.47 Å². The molecule has 0 spiro atoms. The Morgan fingerprint density at radius 1 is 1.12 bits per heavy atom. The van der Waals surface area contributed by atoms with Gasteiger partial charge in [0.2, 0.25) is 0 Å². The van der Waals surface area contributed by atoms with E-state index in [1.807, 2.05) is 48.5 Å². The van der Waals surface area contributed by atoms with Gasteiger partial charge in [-0.3, -0.25) is 9.69 Å². The Balaban J connectivity index is 1.76. The molecule has 2 aromatic carbocycles. The Morgan fingerprint density at radius 3 is 2.72 bits per heavy atom. The van der Waals surface area contributed by atoms with Crippen LogP contribution in [0.2, 0.25) is 0 Å². The second kappa shape index (κ2) is 6.82. The molecular weight excluding hydrogens is 400 g/mol. The first kappa shape index (κ1) is 16.1. The van der Waals surface area contributed by atoms with Crippen LogP contribution in [0.5, 0.6) is 0 Å². The normalized spacial score (nSPS) is 10.9. The zero-order valence-electron chi connectivity index (χ0n) is 13.1. The lowest BCUT2D eigenvalue weighted by molar-refractivity contribution is 0.0958. The highest BCUT2D eigenvalue weighted by atomic mass is 79.9. The molecule has 0 saturated carbocycles. The van der Waals surface area contributed by atoms with Crippen LogP contribution >= 0.6 is 27.3 Å². The summed E-state index contributed by atoms with van der Waals surface area (Å²) < 4.78 is 7.32. The highest BCUT2D eigenvalue weighted by Crippen LogP contribution is 2.32. The van der Waals surface area contributed by atoms with Crippen molar-refractivity contribution in [2.75, 3.05) is 4.90 Å². The van der Waals surface area contributed by atoms with Crippen molar-refractivity contribution in [2.45, 2.75) is 6.54 Å². The van der Waals surface area contributed by atoms with Crippen LogP contribution in [0.3, 0.4) is 0 Å². The Bertz CT molecular complexity index is 1010. The van der Waals surface area contributed by atoms with E-state index in [1.165, 1.54) is 17.6 Å². The number of carbonyl (C=O) groups is 1. The molecule has 2 heterocycles. The van der Waals surface area contributed by atoms with Gasteiger partial charge in [-0.05, 0) is 35.9 Å². The number of nitrogens with zero attached hydrogens (tertiary/aromatic N) is 2. The number of anilines is 1. The van der Waals surface area contributed by atoms with Crippen LogP contribution in [0.15, 0.2) is 75.8 Å². The number of carbonyl (C=O) groups excluding carboxylic acids is 1. The summed E-state index contributed by atoms with van der Waals surface area (Å²) in [6, 6.07) is 19.1. The maximum atomic E-state index is 12.9. The van der Waals surface area contributed by atoms with E-state index in [9.17, 15) is 4.79 Å². The zero-order chi connectivity index (χ0) is 17.2. The second-order valence-corrected chi connectivity index (χ2v) is 7.39. The van der Waals surface area contributed by atoms with Crippen molar-refractivity contribution in [3.05, 3.63) is 82.7 Å². The molecule has 4 rings (SSSR count). The van der Waals surface area contributed by atoms with Crippen molar-refractivity contribution < 1.29 is 9.21 Å². The number of hydrogen-bond acceptors (Lipinski definition) is 4. The molecule has 0 aliphatic carbocycles. The number of thiazole rings is 1. The number of fused-ring (bicyclic) bond motifs is 1. The Morgan fingerprint density at radius 2 is 1.96 bits per heavy atom. The average Bonchev–Trinajstić information content (AvgIpc) is 3.29. The molecule has 0 bridgehead atoms. The van der Waals surface area contributed by atoms with E-state index >= 15 is 0 Å². The number of furan rings is 1. The first-order valence-corrected chi connectivity index (χ1v) is 9.27. The smallest absolute Gasteiger partial charge is 0.296 e. The van der Waals surface area contributed by atoms with Gasteiger partial charge in [0.05, 0.1) is 23.0 Å². The number of aromatic nitrogens is 1. The molecule has 6 heteroatoms. The number of amides is 1. The summed E-state index contributed by atoms with van der Waals surface area (Å²) in [4.78, 5) is 19.2. The average molecular weight is 413 g/mol. The van der Waals surface area contributed by atoms with Crippen molar-refractivity contribution >= 4 is 48.5 Å². The van der Waals surface area contributed by atoms with E-state index in [0.29, 0.717) is 17.4 Å². The fraction of sp³-hybridized carbons (Fsp3) is 0.0526. The lowest BCUT2D eigenvalue weighted by atomic mass is 10.2. The van der Waals surface area contributed by atoms with Gasteiger partial charge in [0.15, 0.2) is 10.9 Å². The first-order valence-electron chi connectivity index (χ1n) is 7.66. The van der Waals surface area contributed by atoms with E-state index in [2.05, 4.69) is 20.9 Å². The molecule has 0 atom stereocenters. The number of benzene rings is 2. The molecule has 2 aromatic heterocycles. The van der Waals surface area contributed by atoms with E-state index in [-0.39, 0.29) is 5.91 Å². The van der Waals surface area contributed by atoms with Crippen LogP contribution in [0.25, 0.3) is 10.2 Å². The molecule has 1 amide bonds. The van der Waals surface area contributed by atoms with Crippen molar-refractivity contribution in [1.29, 1.82) is 0 Å². The van der Waals surface area contributed by atoms with Crippen LogP contribution in [-0.4, -0.2) is 10.9 Å². The van der Waals surface area contributed by atoms with Crippen molar-refractivity contribution in [1.82, 2.24) is 4.98 Å². The number of halogens is 1. The maximum absolute atomic E-state index is 12.9. The van der Waals surface area contributed by atoms with Gasteiger partial charge in [0.1, 0.15) is 0 Å². The van der Waals surface area contributed by atoms with E-state index in [1.54, 1.807) is 17.0 Å². The molecule has 0 aliphatic rings. The SMILES string of the molecule is O=C(c1ccco1)N(Cc1ccccc1)c1nc2ccc(Br)cc2s1. The molecule has 0 N–H and O–H groups in total. The summed E-state index contributed by atoms with van der Waals surface area (Å²) in [6.07, 6.45) is 1.50. The van der Waals surface area contributed by atoms with Crippen molar-refractivity contribution in [3.63, 3.8) is 0 Å². The Kier molecular flexibility index (Phi) is 4.38. The molecule has 4 nitrogen and oxygen atoms in total. The van der Waals surface area contributed by atoms with Gasteiger partial charge in [-0.2, -0.15) is 0 Å². The van der Waals surface area contributed by atoms with E-state index in [4.69, 9.17) is 4.42 Å². The highest BCUT2D eigenvalue weighted by molar-refractivity contribution is 9.10. The standard InChI is InChI=1S/C19H13BrN2O2S/c20-14-8-9-15-17(11-14)25-19(21-15)22(12-13-5-2-1-3-6-13)18(23)16-7-4-10-24-16/h1-11H,12H2. The molecule has 0 unspecified atom stereocenters. The minimum Gasteiger partial charge on any atom is -0.459 e. The molecule has 0 radical (unpaired) electrons. The van der Waals surface area contributed by atoms with Gasteiger partial charge in [-0.1, -0.05) is 57.6 Å². The third-order valence-electron chi connectivity index (χ3n) is 3.73. The summed E-state index contributed by atoms with van der Waals surface area (Å²) in [7, 11) is 0. The minimum atomic E-state index is -0.202. The van der Waals surface area contributed by atoms with Crippen LogP contribution in [-0.2, 0) is 6.54 Å². The molecule has 0 saturated heterocycles. The Labute approximate surface area is 156 Å². The van der Waals surface area contributed by atoms with Gasteiger partial charge in [-0.25, -0.2) is 4.98 Å². The largest absolute Gasteiger partial charge is 0.459 e. The molecule has 25 heavy (non-hydrogen) atoms. The molecule has 0 aliphatic heterocycles. The van der Waals surface area contributed by atoms with Crippen LogP contribution in [0.1, 0.15) is 16.1 Å². The Hall–Kier alpha value is -2.44. The quantitative estimate of drug-likeness (QED) is 0.444. The number of hydrogen-bond donors (Lipinski definition) is 0. The van der Waals surface area contributed by atoms with Gasteiger partial charge in [-0.15, -0.1) is 0 Å². The predicted octanol–water partition coefficient (Wildman–Crippen LogP) is 5.50. The summed E-state index contributed by atoms with van der Waals surface area (Å²) in [6.45, 7) is 0.432. The van der Waals surface area contributed by atoms with Crippen molar-refractivity contribution in [2.24, 2.45) is 0 Å². The monoisotopic (exact) mass is 412 g/mol.